The van der Waals surface area contributed by atoms with Gasteiger partial charge >= 0.3 is 5.97 Å². The normalized spacial score (nSPS) is 17.5. The number of pyridine rings is 1. The van der Waals surface area contributed by atoms with Gasteiger partial charge in [-0.2, -0.15) is 0 Å². The molecule has 0 unspecified atom stereocenters. The third-order valence-electron chi connectivity index (χ3n) is 4.10. The number of ether oxygens (including phenoxy) is 1. The molecule has 5 nitrogen and oxygen atoms in total. The van der Waals surface area contributed by atoms with E-state index >= 15 is 0 Å². The van der Waals surface area contributed by atoms with Crippen LogP contribution in [0.25, 0.3) is 0 Å². The number of esters is 1. The van der Waals surface area contributed by atoms with Crippen molar-refractivity contribution in [3.05, 3.63) is 17.8 Å². The van der Waals surface area contributed by atoms with E-state index in [1.807, 2.05) is 0 Å². The molecule has 0 bridgehead atoms. The second-order valence-electron chi connectivity index (χ2n) is 5.87. The molecule has 0 saturated heterocycles. The van der Waals surface area contributed by atoms with E-state index in [2.05, 4.69) is 17.2 Å². The van der Waals surface area contributed by atoms with Crippen LogP contribution in [0.4, 0.5) is 11.5 Å². The maximum absolute atomic E-state index is 11.6. The summed E-state index contributed by atoms with van der Waals surface area (Å²) in [5.41, 5.74) is 6.75. The number of aromatic nitrogens is 1. The van der Waals surface area contributed by atoms with Crippen molar-refractivity contribution in [1.82, 2.24) is 4.98 Å². The third kappa shape index (κ3) is 3.40. The van der Waals surface area contributed by atoms with Gasteiger partial charge in [0.1, 0.15) is 5.82 Å². The first kappa shape index (κ1) is 14.6. The molecular formula is C15H23N3O2. The number of carbonyl (C=O) groups is 1. The minimum Gasteiger partial charge on any atom is -0.465 e. The van der Waals surface area contributed by atoms with Crippen LogP contribution in [-0.4, -0.2) is 24.6 Å². The molecule has 0 spiro atoms. The van der Waals surface area contributed by atoms with Crippen LogP contribution < -0.4 is 11.1 Å². The molecule has 0 aliphatic heterocycles. The fraction of sp³-hybridized carbons (Fsp3) is 0.600. The molecule has 0 aromatic carbocycles. The van der Waals surface area contributed by atoms with Crippen LogP contribution in [0.5, 0.6) is 0 Å². The van der Waals surface area contributed by atoms with Crippen molar-refractivity contribution in [2.45, 2.75) is 39.0 Å². The van der Waals surface area contributed by atoms with Gasteiger partial charge in [-0.25, -0.2) is 9.78 Å². The Hall–Kier alpha value is -1.78. The van der Waals surface area contributed by atoms with E-state index in [0.29, 0.717) is 22.5 Å². The number of nitrogens with one attached hydrogen (secondary N) is 1. The smallest absolute Gasteiger partial charge is 0.340 e. The summed E-state index contributed by atoms with van der Waals surface area (Å²) in [6.45, 7) is 3.17. The van der Waals surface area contributed by atoms with Crippen LogP contribution in [0.1, 0.15) is 49.4 Å². The quantitative estimate of drug-likeness (QED) is 0.827. The maximum Gasteiger partial charge on any atom is 0.340 e. The van der Waals surface area contributed by atoms with E-state index in [-0.39, 0.29) is 0 Å². The number of hydrogen-bond donors (Lipinski definition) is 2. The first-order chi connectivity index (χ1) is 9.54. The Bertz CT molecular complexity index is 482. The Morgan fingerprint density at radius 3 is 2.80 bits per heavy atom. The number of nitrogen functional groups attached to an aromatic ring is 1. The van der Waals surface area contributed by atoms with Crippen LogP contribution in [0, 0.1) is 5.41 Å². The Morgan fingerprint density at radius 1 is 1.45 bits per heavy atom. The number of anilines is 2. The highest BCUT2D eigenvalue weighted by molar-refractivity contribution is 5.95. The number of nitrogens with zero attached hydrogens (tertiary/aromatic N) is 1. The Morgan fingerprint density at radius 2 is 2.15 bits per heavy atom. The molecule has 1 fully saturated rings. The Kier molecular flexibility index (Phi) is 4.47. The Labute approximate surface area is 119 Å². The monoisotopic (exact) mass is 277 g/mol. The number of carbonyl (C=O) groups excluding carboxylic acids is 1. The molecule has 1 aliphatic rings. The summed E-state index contributed by atoms with van der Waals surface area (Å²) in [5.74, 6) is 0.239. The van der Waals surface area contributed by atoms with Gasteiger partial charge in [-0.15, -0.1) is 0 Å². The lowest BCUT2D eigenvalue weighted by Crippen LogP contribution is -2.29. The minimum atomic E-state index is -0.433. The van der Waals surface area contributed by atoms with E-state index in [4.69, 9.17) is 10.5 Å². The fourth-order valence-electron chi connectivity index (χ4n) is 2.74. The van der Waals surface area contributed by atoms with Gasteiger partial charge in [0.25, 0.3) is 0 Å². The van der Waals surface area contributed by atoms with Crippen molar-refractivity contribution < 1.29 is 9.53 Å². The summed E-state index contributed by atoms with van der Waals surface area (Å²) in [6, 6.07) is 1.66. The molecule has 0 amide bonds. The standard InChI is InChI=1S/C15H23N3O2/c1-15(6-4-3-5-7-15)10-18-13-8-11(14(19)20-2)12(16)9-17-13/h8-9H,3-7,10,16H2,1-2H3,(H,17,18). The number of rotatable bonds is 4. The van der Waals surface area contributed by atoms with E-state index in [0.717, 1.165) is 6.54 Å². The van der Waals surface area contributed by atoms with Crippen molar-refractivity contribution in [2.24, 2.45) is 5.41 Å². The molecule has 5 heteroatoms. The first-order valence-corrected chi connectivity index (χ1v) is 7.12. The summed E-state index contributed by atoms with van der Waals surface area (Å²) in [6.07, 6.45) is 7.89. The van der Waals surface area contributed by atoms with Crippen LogP contribution in [0.3, 0.4) is 0 Å². The van der Waals surface area contributed by atoms with E-state index in [1.165, 1.54) is 45.4 Å². The molecule has 2 rings (SSSR count). The highest BCUT2D eigenvalue weighted by Gasteiger charge is 2.26. The number of methoxy groups -OCH3 is 1. The van der Waals surface area contributed by atoms with Crippen LogP contribution in [0.2, 0.25) is 0 Å². The van der Waals surface area contributed by atoms with Gasteiger partial charge in [0.15, 0.2) is 0 Å². The van der Waals surface area contributed by atoms with Gasteiger partial charge in [0.2, 0.25) is 0 Å². The molecule has 3 N–H and O–H groups in total. The molecule has 1 aliphatic carbocycles. The molecule has 110 valence electrons. The van der Waals surface area contributed by atoms with Crippen molar-refractivity contribution in [3.8, 4) is 0 Å². The van der Waals surface area contributed by atoms with Crippen LogP contribution in [0.15, 0.2) is 12.3 Å². The molecule has 1 aromatic heterocycles. The summed E-state index contributed by atoms with van der Waals surface area (Å²) >= 11 is 0. The second-order valence-corrected chi connectivity index (χ2v) is 5.87. The lowest BCUT2D eigenvalue weighted by Gasteiger charge is -2.33. The summed E-state index contributed by atoms with van der Waals surface area (Å²) in [4.78, 5) is 15.8. The summed E-state index contributed by atoms with van der Waals surface area (Å²) in [5, 5.41) is 3.33. The van der Waals surface area contributed by atoms with Crippen LogP contribution in [-0.2, 0) is 4.74 Å². The summed E-state index contributed by atoms with van der Waals surface area (Å²) in [7, 11) is 1.35. The van der Waals surface area contributed by atoms with Gasteiger partial charge < -0.3 is 15.8 Å². The zero-order valence-corrected chi connectivity index (χ0v) is 12.2. The Balaban J connectivity index is 2.04. The van der Waals surface area contributed by atoms with E-state index in [9.17, 15) is 4.79 Å². The summed E-state index contributed by atoms with van der Waals surface area (Å²) < 4.78 is 4.71. The van der Waals surface area contributed by atoms with Gasteiger partial charge in [-0.1, -0.05) is 26.2 Å². The van der Waals surface area contributed by atoms with Crippen molar-refractivity contribution >= 4 is 17.5 Å². The van der Waals surface area contributed by atoms with Crippen molar-refractivity contribution in [1.29, 1.82) is 0 Å². The van der Waals surface area contributed by atoms with Gasteiger partial charge in [0.05, 0.1) is 24.6 Å². The molecule has 20 heavy (non-hydrogen) atoms. The molecule has 1 heterocycles. The lowest BCUT2D eigenvalue weighted by molar-refractivity contribution is 0.0602. The molecule has 0 radical (unpaired) electrons. The highest BCUT2D eigenvalue weighted by Crippen LogP contribution is 2.35. The first-order valence-electron chi connectivity index (χ1n) is 7.12. The predicted octanol–water partition coefficient (Wildman–Crippen LogP) is 2.83. The van der Waals surface area contributed by atoms with Gasteiger partial charge in [0, 0.05) is 6.54 Å². The molecule has 1 saturated carbocycles. The maximum atomic E-state index is 11.6. The largest absolute Gasteiger partial charge is 0.465 e. The second kappa shape index (κ2) is 6.11. The van der Waals surface area contributed by atoms with E-state index in [1.54, 1.807) is 6.07 Å². The molecular weight excluding hydrogens is 254 g/mol. The third-order valence-corrected chi connectivity index (χ3v) is 4.10. The average molecular weight is 277 g/mol. The zero-order valence-electron chi connectivity index (χ0n) is 12.2. The fourth-order valence-corrected chi connectivity index (χ4v) is 2.74. The SMILES string of the molecule is COC(=O)c1cc(NCC2(C)CCCCC2)ncc1N. The predicted molar refractivity (Wildman–Crippen MR) is 79.7 cm³/mol. The lowest BCUT2D eigenvalue weighted by atomic mass is 9.76. The molecule has 0 atom stereocenters. The topological polar surface area (TPSA) is 77.2 Å². The minimum absolute atomic E-state index is 0.312. The van der Waals surface area contributed by atoms with Gasteiger partial charge in [-0.3, -0.25) is 0 Å². The van der Waals surface area contributed by atoms with Crippen molar-refractivity contribution in [3.63, 3.8) is 0 Å². The highest BCUT2D eigenvalue weighted by atomic mass is 16.5. The zero-order chi connectivity index (χ0) is 14.6. The van der Waals surface area contributed by atoms with Gasteiger partial charge in [-0.05, 0) is 24.3 Å². The number of nitrogens with two attached hydrogens (primary N) is 1. The van der Waals surface area contributed by atoms with Crippen LogP contribution >= 0.6 is 0 Å². The molecule has 1 aromatic rings. The number of hydrogen-bond acceptors (Lipinski definition) is 5. The average Bonchev–Trinajstić information content (AvgIpc) is 2.46. The van der Waals surface area contributed by atoms with E-state index < -0.39 is 5.97 Å². The van der Waals surface area contributed by atoms with Crippen molar-refractivity contribution in [2.75, 3.05) is 24.7 Å².